The molecule has 3 atom stereocenters. The lowest BCUT2D eigenvalue weighted by Crippen LogP contribution is -2.48. The Hall–Kier alpha value is -1.82. The van der Waals surface area contributed by atoms with Crippen molar-refractivity contribution < 1.29 is 9.90 Å². The lowest BCUT2D eigenvalue weighted by atomic mass is 9.87. The Morgan fingerprint density at radius 2 is 2.07 bits per heavy atom. The Kier molecular flexibility index (Phi) is 6.81. The Balaban J connectivity index is 1.62. The zero-order valence-corrected chi connectivity index (χ0v) is 18.4. The number of hydrogen-bond donors (Lipinski definition) is 3. The van der Waals surface area contributed by atoms with E-state index in [9.17, 15) is 9.90 Å². The van der Waals surface area contributed by atoms with Crippen LogP contribution in [0.2, 0.25) is 0 Å². The van der Waals surface area contributed by atoms with Crippen molar-refractivity contribution in [3.8, 4) is 0 Å². The van der Waals surface area contributed by atoms with Crippen molar-refractivity contribution in [1.82, 2.24) is 15.2 Å². The van der Waals surface area contributed by atoms with Crippen LogP contribution in [0, 0.1) is 0 Å². The number of carbonyl (C=O) groups is 1. The first-order chi connectivity index (χ1) is 14.6. The SMILES string of the molecule is CCCC[C@H]1Cc2cc[nH]c2[C@H](c2ccc(C(O)NC3CCC3)cc2)N1C(=O)CCl. The number of fused-ring (bicyclic) bond motifs is 1. The number of nitrogens with zero attached hydrogens (tertiary/aromatic N) is 1. The number of halogens is 1. The average molecular weight is 430 g/mol. The number of aromatic nitrogens is 1. The number of unbranched alkanes of at least 4 members (excludes halogenated alkanes) is 1. The standard InChI is InChI=1S/C24H32ClN3O2/c1-2-3-7-20-14-18-12-13-26-22(18)23(28(20)21(29)15-25)16-8-10-17(11-9-16)24(30)27-19-5-4-6-19/h8-13,19-20,23-24,26-27,30H,2-7,14-15H2,1H3/t20-,23-,24?/m0/s1. The highest BCUT2D eigenvalue weighted by Crippen LogP contribution is 2.39. The predicted molar refractivity (Wildman–Crippen MR) is 119 cm³/mol. The summed E-state index contributed by atoms with van der Waals surface area (Å²) >= 11 is 6.03. The van der Waals surface area contributed by atoms with Gasteiger partial charge in [0.05, 0.1) is 6.04 Å². The maximum absolute atomic E-state index is 12.9. The number of alkyl halides is 1. The second-order valence-corrected chi connectivity index (χ2v) is 8.88. The van der Waals surface area contributed by atoms with Crippen LogP contribution in [0.15, 0.2) is 36.5 Å². The van der Waals surface area contributed by atoms with Crippen LogP contribution in [0.3, 0.4) is 0 Å². The Labute approximate surface area is 183 Å². The van der Waals surface area contributed by atoms with Crippen LogP contribution in [-0.2, 0) is 11.2 Å². The van der Waals surface area contributed by atoms with Gasteiger partial charge in [0, 0.05) is 24.0 Å². The molecule has 30 heavy (non-hydrogen) atoms. The molecular formula is C24H32ClN3O2. The molecule has 1 aliphatic carbocycles. The van der Waals surface area contributed by atoms with Crippen molar-refractivity contribution in [2.45, 2.75) is 76.2 Å². The highest BCUT2D eigenvalue weighted by atomic mass is 35.5. The first kappa shape index (κ1) is 21.4. The van der Waals surface area contributed by atoms with Gasteiger partial charge in [-0.05, 0) is 48.4 Å². The van der Waals surface area contributed by atoms with Gasteiger partial charge in [-0.25, -0.2) is 0 Å². The number of H-pyrrole nitrogens is 1. The molecule has 3 N–H and O–H groups in total. The van der Waals surface area contributed by atoms with Crippen LogP contribution in [0.25, 0.3) is 0 Å². The summed E-state index contributed by atoms with van der Waals surface area (Å²) in [4.78, 5) is 18.3. The van der Waals surface area contributed by atoms with Gasteiger partial charge in [-0.3, -0.25) is 10.1 Å². The summed E-state index contributed by atoms with van der Waals surface area (Å²) in [5, 5.41) is 13.8. The molecule has 162 valence electrons. The molecule has 0 saturated heterocycles. The number of hydrogen-bond acceptors (Lipinski definition) is 3. The predicted octanol–water partition coefficient (Wildman–Crippen LogP) is 4.42. The van der Waals surface area contributed by atoms with E-state index in [0.717, 1.165) is 55.3 Å². The van der Waals surface area contributed by atoms with Gasteiger partial charge in [-0.1, -0.05) is 50.5 Å². The smallest absolute Gasteiger partial charge is 0.238 e. The monoisotopic (exact) mass is 429 g/mol. The minimum absolute atomic E-state index is 0.0166. The van der Waals surface area contributed by atoms with Gasteiger partial charge in [-0.2, -0.15) is 0 Å². The molecule has 0 radical (unpaired) electrons. The third-order valence-electron chi connectivity index (χ3n) is 6.63. The van der Waals surface area contributed by atoms with Crippen LogP contribution >= 0.6 is 11.6 Å². The van der Waals surface area contributed by atoms with Crippen LogP contribution in [0.4, 0.5) is 0 Å². The molecule has 1 aliphatic heterocycles. The van der Waals surface area contributed by atoms with Gasteiger partial charge in [0.15, 0.2) is 0 Å². The summed E-state index contributed by atoms with van der Waals surface area (Å²) in [6.07, 6.45) is 8.81. The maximum atomic E-state index is 12.9. The molecule has 0 bridgehead atoms. The molecule has 4 rings (SSSR count). The highest BCUT2D eigenvalue weighted by Gasteiger charge is 2.38. The van der Waals surface area contributed by atoms with Crippen LogP contribution in [-0.4, -0.2) is 38.9 Å². The van der Waals surface area contributed by atoms with E-state index in [0.29, 0.717) is 6.04 Å². The number of amides is 1. The Morgan fingerprint density at radius 1 is 1.30 bits per heavy atom. The summed E-state index contributed by atoms with van der Waals surface area (Å²) in [7, 11) is 0. The zero-order chi connectivity index (χ0) is 21.1. The molecule has 1 saturated carbocycles. The third kappa shape index (κ3) is 4.29. The lowest BCUT2D eigenvalue weighted by Gasteiger charge is -2.42. The van der Waals surface area contributed by atoms with Crippen LogP contribution in [0.1, 0.15) is 80.1 Å². The van der Waals surface area contributed by atoms with Crippen molar-refractivity contribution in [3.05, 3.63) is 58.9 Å². The summed E-state index contributed by atoms with van der Waals surface area (Å²) in [6.45, 7) is 2.18. The number of aliphatic hydroxyl groups excluding tert-OH is 1. The van der Waals surface area contributed by atoms with Gasteiger partial charge >= 0.3 is 0 Å². The lowest BCUT2D eigenvalue weighted by molar-refractivity contribution is -0.133. The normalized spacial score (nSPS) is 22.4. The topological polar surface area (TPSA) is 68.4 Å². The summed E-state index contributed by atoms with van der Waals surface area (Å²) in [5.41, 5.74) is 4.24. The number of aromatic amines is 1. The van der Waals surface area contributed by atoms with Crippen LogP contribution < -0.4 is 5.32 Å². The fourth-order valence-corrected chi connectivity index (χ4v) is 4.87. The molecule has 1 unspecified atom stereocenters. The zero-order valence-electron chi connectivity index (χ0n) is 17.6. The first-order valence-corrected chi connectivity index (χ1v) is 11.7. The van der Waals surface area contributed by atoms with Crippen molar-refractivity contribution in [3.63, 3.8) is 0 Å². The second kappa shape index (κ2) is 9.54. The fourth-order valence-electron chi connectivity index (χ4n) is 4.73. The molecule has 6 heteroatoms. The molecule has 2 heterocycles. The minimum atomic E-state index is -0.658. The molecule has 2 aromatic rings. The summed E-state index contributed by atoms with van der Waals surface area (Å²) in [6, 6.07) is 10.5. The number of carbonyl (C=O) groups excluding carboxylic acids is 1. The number of nitrogens with one attached hydrogen (secondary N) is 2. The van der Waals surface area contributed by atoms with E-state index in [1.54, 1.807) is 0 Å². The van der Waals surface area contributed by atoms with E-state index in [1.807, 2.05) is 35.4 Å². The van der Waals surface area contributed by atoms with Crippen molar-refractivity contribution in [2.75, 3.05) is 5.88 Å². The van der Waals surface area contributed by atoms with Crippen molar-refractivity contribution >= 4 is 17.5 Å². The number of aliphatic hydroxyl groups is 1. The van der Waals surface area contributed by atoms with Crippen LogP contribution in [0.5, 0.6) is 0 Å². The Morgan fingerprint density at radius 3 is 2.70 bits per heavy atom. The minimum Gasteiger partial charge on any atom is -0.374 e. The van der Waals surface area contributed by atoms with Gasteiger partial charge in [-0.15, -0.1) is 11.6 Å². The third-order valence-corrected chi connectivity index (χ3v) is 6.86. The molecular weight excluding hydrogens is 398 g/mol. The largest absolute Gasteiger partial charge is 0.374 e. The molecule has 1 fully saturated rings. The molecule has 1 aromatic heterocycles. The van der Waals surface area contributed by atoms with E-state index in [1.165, 1.54) is 12.0 Å². The second-order valence-electron chi connectivity index (χ2n) is 8.62. The number of rotatable bonds is 8. The first-order valence-electron chi connectivity index (χ1n) is 11.2. The van der Waals surface area contributed by atoms with E-state index in [-0.39, 0.29) is 23.9 Å². The molecule has 0 spiro atoms. The molecule has 1 amide bonds. The summed E-state index contributed by atoms with van der Waals surface area (Å²) < 4.78 is 0. The van der Waals surface area contributed by atoms with E-state index in [2.05, 4.69) is 23.3 Å². The average Bonchev–Trinajstić information content (AvgIpc) is 3.21. The fraction of sp³-hybridized carbons (Fsp3) is 0.542. The van der Waals surface area contributed by atoms with Gasteiger partial charge in [0.1, 0.15) is 12.1 Å². The van der Waals surface area contributed by atoms with E-state index < -0.39 is 6.23 Å². The molecule has 1 aromatic carbocycles. The maximum Gasteiger partial charge on any atom is 0.238 e. The van der Waals surface area contributed by atoms with Gasteiger partial charge < -0.3 is 15.0 Å². The molecule has 2 aliphatic rings. The highest BCUT2D eigenvalue weighted by molar-refractivity contribution is 6.27. The van der Waals surface area contributed by atoms with Crippen molar-refractivity contribution in [2.24, 2.45) is 0 Å². The quantitative estimate of drug-likeness (QED) is 0.429. The molecule has 5 nitrogen and oxygen atoms in total. The van der Waals surface area contributed by atoms with Gasteiger partial charge in [0.25, 0.3) is 0 Å². The van der Waals surface area contributed by atoms with Gasteiger partial charge in [0.2, 0.25) is 5.91 Å². The summed E-state index contributed by atoms with van der Waals surface area (Å²) in [5.74, 6) is -0.0455. The number of benzene rings is 1. The van der Waals surface area contributed by atoms with E-state index >= 15 is 0 Å². The van der Waals surface area contributed by atoms with E-state index in [4.69, 9.17) is 11.6 Å². The Bertz CT molecular complexity index is 846. The van der Waals surface area contributed by atoms with Crippen molar-refractivity contribution in [1.29, 1.82) is 0 Å².